The molecule has 0 saturated carbocycles. The summed E-state index contributed by atoms with van der Waals surface area (Å²) in [5, 5.41) is 0. The van der Waals surface area contributed by atoms with Crippen molar-refractivity contribution in [3.63, 3.8) is 0 Å². The van der Waals surface area contributed by atoms with E-state index in [1.807, 2.05) is 6.92 Å². The number of nitrogens with zero attached hydrogens (tertiary/aromatic N) is 1. The van der Waals surface area contributed by atoms with Crippen LogP contribution < -0.4 is 0 Å². The third-order valence-electron chi connectivity index (χ3n) is 1.57. The van der Waals surface area contributed by atoms with E-state index in [0.29, 0.717) is 5.92 Å². The topological polar surface area (TPSA) is 21.6 Å². The van der Waals surface area contributed by atoms with E-state index in [0.717, 1.165) is 18.9 Å². The zero-order valence-corrected chi connectivity index (χ0v) is 8.50. The van der Waals surface area contributed by atoms with Crippen molar-refractivity contribution >= 4 is 5.90 Å². The highest BCUT2D eigenvalue weighted by molar-refractivity contribution is 5.79. The van der Waals surface area contributed by atoms with Gasteiger partial charge in [-0.15, -0.1) is 0 Å². The van der Waals surface area contributed by atoms with Crippen LogP contribution in [-0.2, 0) is 4.74 Å². The lowest BCUT2D eigenvalue weighted by atomic mass is 10.1. The molecule has 2 nitrogen and oxygen atoms in total. The first kappa shape index (κ1) is 11.2. The Bertz CT molecular complexity index is 161. The predicted molar refractivity (Wildman–Crippen MR) is 53.6 cm³/mol. The summed E-state index contributed by atoms with van der Waals surface area (Å²) in [6.45, 7) is 7.00. The molecule has 0 aromatic rings. The van der Waals surface area contributed by atoms with Crippen molar-refractivity contribution in [2.75, 3.05) is 13.7 Å². The molecule has 1 atom stereocenters. The van der Waals surface area contributed by atoms with Gasteiger partial charge in [-0.05, 0) is 13.3 Å². The highest BCUT2D eigenvalue weighted by Gasteiger charge is 2.05. The number of aliphatic imine (C=N–C) groups is 1. The molecule has 70 valence electrons. The molecule has 1 unspecified atom stereocenters. The molecule has 0 saturated heterocycles. The van der Waals surface area contributed by atoms with Crippen LogP contribution in [-0.4, -0.2) is 19.6 Å². The Morgan fingerprint density at radius 2 is 2.17 bits per heavy atom. The van der Waals surface area contributed by atoms with Gasteiger partial charge in [-0.3, -0.25) is 4.99 Å². The third-order valence-corrected chi connectivity index (χ3v) is 1.57. The molecule has 0 aliphatic carbocycles. The fraction of sp³-hybridized carbons (Fsp3) is 0.700. The van der Waals surface area contributed by atoms with Gasteiger partial charge < -0.3 is 4.74 Å². The normalized spacial score (nSPS) is 15.2. The number of hydrogen-bond donors (Lipinski definition) is 0. The zero-order valence-electron chi connectivity index (χ0n) is 8.50. The summed E-state index contributed by atoms with van der Waals surface area (Å²) < 4.78 is 5.15. The molecule has 0 rings (SSSR count). The first-order valence-corrected chi connectivity index (χ1v) is 4.51. The second-order valence-electron chi connectivity index (χ2n) is 2.64. The number of methoxy groups -OCH3 is 1. The quantitative estimate of drug-likeness (QED) is 0.360. The molecule has 0 aromatic carbocycles. The van der Waals surface area contributed by atoms with Crippen molar-refractivity contribution in [3.05, 3.63) is 12.2 Å². The summed E-state index contributed by atoms with van der Waals surface area (Å²) in [4.78, 5) is 4.24. The molecular formula is C10H19NO. The van der Waals surface area contributed by atoms with Crippen molar-refractivity contribution in [2.24, 2.45) is 10.9 Å². The van der Waals surface area contributed by atoms with E-state index in [9.17, 15) is 0 Å². The predicted octanol–water partition coefficient (Wildman–Crippen LogP) is 2.65. The van der Waals surface area contributed by atoms with Crippen LogP contribution in [0.25, 0.3) is 0 Å². The molecule has 0 aliphatic heterocycles. The molecule has 0 aromatic heterocycles. The minimum absolute atomic E-state index is 0.301. The lowest BCUT2D eigenvalue weighted by Gasteiger charge is -2.08. The number of ether oxygens (including phenoxy) is 1. The van der Waals surface area contributed by atoms with Crippen molar-refractivity contribution in [1.82, 2.24) is 0 Å². The lowest BCUT2D eigenvalue weighted by molar-refractivity contribution is 0.378. The summed E-state index contributed by atoms with van der Waals surface area (Å²) in [5.41, 5.74) is 0. The van der Waals surface area contributed by atoms with Gasteiger partial charge in [0, 0.05) is 12.5 Å². The molecule has 0 spiro atoms. The maximum Gasteiger partial charge on any atom is 0.189 e. The van der Waals surface area contributed by atoms with Crippen LogP contribution in [0.3, 0.4) is 0 Å². The Hall–Kier alpha value is -0.790. The Labute approximate surface area is 75.3 Å². The monoisotopic (exact) mass is 169 g/mol. The average molecular weight is 169 g/mol. The van der Waals surface area contributed by atoms with Crippen LogP contribution in [0.2, 0.25) is 0 Å². The van der Waals surface area contributed by atoms with Gasteiger partial charge >= 0.3 is 0 Å². The maximum absolute atomic E-state index is 5.15. The Morgan fingerprint density at radius 1 is 1.50 bits per heavy atom. The van der Waals surface area contributed by atoms with Crippen LogP contribution >= 0.6 is 0 Å². The molecule has 0 radical (unpaired) electrons. The average Bonchev–Trinajstić information content (AvgIpc) is 2.10. The van der Waals surface area contributed by atoms with E-state index in [2.05, 4.69) is 31.0 Å². The van der Waals surface area contributed by atoms with Crippen molar-refractivity contribution < 1.29 is 4.74 Å². The van der Waals surface area contributed by atoms with Crippen LogP contribution in [0.5, 0.6) is 0 Å². The minimum atomic E-state index is 0.301. The summed E-state index contributed by atoms with van der Waals surface area (Å²) in [6, 6.07) is 0. The fourth-order valence-corrected chi connectivity index (χ4v) is 0.973. The Morgan fingerprint density at radius 3 is 2.58 bits per heavy atom. The number of rotatable bonds is 4. The molecule has 0 heterocycles. The van der Waals surface area contributed by atoms with Gasteiger partial charge in [0.05, 0.1) is 7.11 Å². The molecule has 12 heavy (non-hydrogen) atoms. The van der Waals surface area contributed by atoms with Gasteiger partial charge in [0.1, 0.15) is 0 Å². The van der Waals surface area contributed by atoms with Crippen LogP contribution in [0.4, 0.5) is 0 Å². The molecule has 0 amide bonds. The van der Waals surface area contributed by atoms with Crippen molar-refractivity contribution in [3.8, 4) is 0 Å². The van der Waals surface area contributed by atoms with E-state index in [4.69, 9.17) is 4.74 Å². The second kappa shape index (κ2) is 6.89. The van der Waals surface area contributed by atoms with Crippen molar-refractivity contribution in [1.29, 1.82) is 0 Å². The Kier molecular flexibility index (Phi) is 6.44. The fourth-order valence-electron chi connectivity index (χ4n) is 0.973. The van der Waals surface area contributed by atoms with E-state index in [-0.39, 0.29) is 0 Å². The number of allylic oxidation sites excluding steroid dienone is 1. The smallest absolute Gasteiger partial charge is 0.189 e. The third kappa shape index (κ3) is 4.16. The van der Waals surface area contributed by atoms with Gasteiger partial charge in [-0.2, -0.15) is 0 Å². The van der Waals surface area contributed by atoms with Gasteiger partial charge in [0.25, 0.3) is 0 Å². The minimum Gasteiger partial charge on any atom is -0.484 e. The summed E-state index contributed by atoms with van der Waals surface area (Å²) in [7, 11) is 1.67. The van der Waals surface area contributed by atoms with E-state index < -0.39 is 0 Å². The maximum atomic E-state index is 5.15. The highest BCUT2D eigenvalue weighted by atomic mass is 16.5. The van der Waals surface area contributed by atoms with E-state index in [1.54, 1.807) is 7.11 Å². The molecule has 0 aliphatic rings. The zero-order chi connectivity index (χ0) is 9.40. The van der Waals surface area contributed by atoms with Crippen LogP contribution in [0, 0.1) is 5.92 Å². The summed E-state index contributed by atoms with van der Waals surface area (Å²) in [5.74, 6) is 1.12. The van der Waals surface area contributed by atoms with Gasteiger partial charge in [-0.25, -0.2) is 0 Å². The van der Waals surface area contributed by atoms with E-state index in [1.165, 1.54) is 0 Å². The second-order valence-corrected chi connectivity index (χ2v) is 2.64. The first-order chi connectivity index (χ1) is 5.76. The lowest BCUT2D eigenvalue weighted by Crippen LogP contribution is -2.11. The van der Waals surface area contributed by atoms with Crippen molar-refractivity contribution in [2.45, 2.75) is 27.2 Å². The van der Waals surface area contributed by atoms with Gasteiger partial charge in [0.2, 0.25) is 0 Å². The van der Waals surface area contributed by atoms with Crippen LogP contribution in [0.15, 0.2) is 17.1 Å². The van der Waals surface area contributed by atoms with E-state index >= 15 is 0 Å². The molecule has 2 heteroatoms. The molecular weight excluding hydrogens is 150 g/mol. The number of hydrogen-bond acceptors (Lipinski definition) is 2. The summed E-state index contributed by atoms with van der Waals surface area (Å²) in [6.07, 6.45) is 5.32. The highest BCUT2D eigenvalue weighted by Crippen LogP contribution is 2.02. The van der Waals surface area contributed by atoms with Crippen LogP contribution in [0.1, 0.15) is 27.2 Å². The largest absolute Gasteiger partial charge is 0.484 e. The molecule has 0 fully saturated rings. The van der Waals surface area contributed by atoms with Gasteiger partial charge in [0.15, 0.2) is 5.90 Å². The standard InChI is InChI=1S/C10H19NO/c1-5-7-8-9(3)10(12-4)11-6-2/h7-9H,5-6H2,1-4H3/b8-7-,11-10-. The molecule has 0 N–H and O–H groups in total. The summed E-state index contributed by atoms with van der Waals surface area (Å²) >= 11 is 0. The molecule has 0 bridgehead atoms. The SMILES string of the molecule is CC/C=C\C(C)/C(=N/CC)OC. The Balaban J connectivity index is 4.11. The van der Waals surface area contributed by atoms with Gasteiger partial charge in [-0.1, -0.05) is 26.0 Å². The first-order valence-electron chi connectivity index (χ1n) is 4.51.